The number of halogens is 1. The van der Waals surface area contributed by atoms with Crippen LogP contribution in [0.25, 0.3) is 11.1 Å². The Kier molecular flexibility index (Phi) is 4.71. The Morgan fingerprint density at radius 2 is 2.04 bits per heavy atom. The van der Waals surface area contributed by atoms with Gasteiger partial charge in [0, 0.05) is 24.5 Å². The molecule has 0 saturated carbocycles. The zero-order valence-corrected chi connectivity index (χ0v) is 15.2. The van der Waals surface area contributed by atoms with Gasteiger partial charge in [-0.2, -0.15) is 5.10 Å². The molecule has 1 aliphatic rings. The molecule has 1 aromatic carbocycles. The molecular weight excluding hydrogens is 343 g/mol. The van der Waals surface area contributed by atoms with Crippen LogP contribution in [0.3, 0.4) is 0 Å². The molecule has 1 amide bonds. The van der Waals surface area contributed by atoms with Gasteiger partial charge in [-0.15, -0.1) is 0 Å². The van der Waals surface area contributed by atoms with E-state index in [1.165, 1.54) is 6.07 Å². The first kappa shape index (κ1) is 17.4. The molecule has 27 heavy (non-hydrogen) atoms. The average molecular weight is 364 g/mol. The normalized spacial score (nSPS) is 17.1. The van der Waals surface area contributed by atoms with Gasteiger partial charge in [0.1, 0.15) is 5.82 Å². The molecule has 0 radical (unpaired) electrons. The third kappa shape index (κ3) is 3.23. The third-order valence-corrected chi connectivity index (χ3v) is 5.18. The van der Waals surface area contributed by atoms with Crippen molar-refractivity contribution >= 4 is 5.91 Å². The largest absolute Gasteiger partial charge is 0.330 e. The predicted octanol–water partition coefficient (Wildman–Crippen LogP) is 4.29. The smallest absolute Gasteiger partial charge is 0.257 e. The van der Waals surface area contributed by atoms with Crippen LogP contribution in [0.4, 0.5) is 4.39 Å². The molecule has 1 fully saturated rings. The molecule has 6 heteroatoms. The maximum absolute atomic E-state index is 14.2. The first-order chi connectivity index (χ1) is 13.2. The number of amides is 1. The summed E-state index contributed by atoms with van der Waals surface area (Å²) in [4.78, 5) is 19.0. The van der Waals surface area contributed by atoms with Crippen LogP contribution in [0.2, 0.25) is 0 Å². The molecule has 0 unspecified atom stereocenters. The second kappa shape index (κ2) is 7.31. The number of likely N-dealkylation sites (tertiary alicyclic amines) is 1. The van der Waals surface area contributed by atoms with E-state index in [0.717, 1.165) is 41.6 Å². The second-order valence-corrected chi connectivity index (χ2v) is 6.88. The van der Waals surface area contributed by atoms with Crippen molar-refractivity contribution in [1.29, 1.82) is 0 Å². The van der Waals surface area contributed by atoms with Crippen LogP contribution in [-0.2, 0) is 0 Å². The second-order valence-electron chi connectivity index (χ2n) is 6.88. The number of carbonyl (C=O) groups is 1. The number of rotatable bonds is 3. The molecule has 2 aromatic heterocycles. The topological polar surface area (TPSA) is 61.9 Å². The van der Waals surface area contributed by atoms with Gasteiger partial charge in [0.15, 0.2) is 0 Å². The van der Waals surface area contributed by atoms with Crippen molar-refractivity contribution in [3.05, 3.63) is 71.6 Å². The highest BCUT2D eigenvalue weighted by Gasteiger charge is 2.32. The van der Waals surface area contributed by atoms with Crippen molar-refractivity contribution in [3.8, 4) is 11.1 Å². The van der Waals surface area contributed by atoms with E-state index in [0.29, 0.717) is 6.54 Å². The Bertz CT molecular complexity index is 968. The number of aryl methyl sites for hydroxylation is 1. The predicted molar refractivity (Wildman–Crippen MR) is 101 cm³/mol. The fraction of sp³-hybridized carbons (Fsp3) is 0.286. The van der Waals surface area contributed by atoms with Crippen LogP contribution in [-0.4, -0.2) is 32.5 Å². The highest BCUT2D eigenvalue weighted by molar-refractivity contribution is 5.95. The lowest BCUT2D eigenvalue weighted by molar-refractivity contribution is 0.0602. The number of hydrogen-bond acceptors (Lipinski definition) is 3. The number of pyridine rings is 1. The van der Waals surface area contributed by atoms with Crippen molar-refractivity contribution in [2.75, 3.05) is 6.54 Å². The molecule has 138 valence electrons. The molecule has 1 saturated heterocycles. The lowest BCUT2D eigenvalue weighted by Crippen LogP contribution is -2.39. The van der Waals surface area contributed by atoms with Gasteiger partial charge < -0.3 is 4.90 Å². The summed E-state index contributed by atoms with van der Waals surface area (Å²) < 4.78 is 14.2. The summed E-state index contributed by atoms with van der Waals surface area (Å²) >= 11 is 0. The first-order valence-electron chi connectivity index (χ1n) is 9.16. The minimum atomic E-state index is -0.485. The van der Waals surface area contributed by atoms with Gasteiger partial charge in [-0.1, -0.05) is 12.1 Å². The lowest BCUT2D eigenvalue weighted by atomic mass is 9.93. The van der Waals surface area contributed by atoms with E-state index >= 15 is 0 Å². The van der Waals surface area contributed by atoms with Crippen molar-refractivity contribution in [2.24, 2.45) is 0 Å². The maximum Gasteiger partial charge on any atom is 0.257 e. The average Bonchev–Trinajstić information content (AvgIpc) is 3.17. The van der Waals surface area contributed by atoms with E-state index in [-0.39, 0.29) is 17.5 Å². The van der Waals surface area contributed by atoms with Crippen LogP contribution in [0.15, 0.2) is 48.9 Å². The summed E-state index contributed by atoms with van der Waals surface area (Å²) in [6, 6.07) is 7.96. The Balaban J connectivity index is 1.73. The minimum Gasteiger partial charge on any atom is -0.330 e. The Morgan fingerprint density at radius 1 is 1.19 bits per heavy atom. The number of aromatic nitrogens is 3. The van der Waals surface area contributed by atoms with Gasteiger partial charge in [0.25, 0.3) is 5.91 Å². The van der Waals surface area contributed by atoms with E-state index < -0.39 is 5.82 Å². The number of hydrogen-bond donors (Lipinski definition) is 1. The van der Waals surface area contributed by atoms with Gasteiger partial charge in [-0.05, 0) is 55.5 Å². The standard InChI is InChI=1S/C21H21FN4O/c1-14-12-23-10-9-15(14)17-13-24-25-20(17)19-8-4-5-11-26(19)21(27)16-6-2-3-7-18(16)22/h2-3,6-7,9-10,12-13,19H,4-5,8,11H2,1H3,(H,24,25)/t19-/m0/s1. The van der Waals surface area contributed by atoms with Crippen LogP contribution in [0.1, 0.15) is 46.9 Å². The number of nitrogens with one attached hydrogen (secondary N) is 1. The number of piperidine rings is 1. The van der Waals surface area contributed by atoms with Gasteiger partial charge in [0.05, 0.1) is 23.5 Å². The van der Waals surface area contributed by atoms with Crippen LogP contribution >= 0.6 is 0 Å². The molecular formula is C21H21FN4O. The van der Waals surface area contributed by atoms with Crippen LogP contribution < -0.4 is 0 Å². The Labute approximate surface area is 157 Å². The Morgan fingerprint density at radius 3 is 2.85 bits per heavy atom. The van der Waals surface area contributed by atoms with Gasteiger partial charge in [0.2, 0.25) is 0 Å². The number of aromatic amines is 1. The van der Waals surface area contributed by atoms with Crippen molar-refractivity contribution in [1.82, 2.24) is 20.1 Å². The number of H-pyrrole nitrogens is 1. The third-order valence-electron chi connectivity index (χ3n) is 5.18. The molecule has 3 heterocycles. The van der Waals surface area contributed by atoms with E-state index in [1.54, 1.807) is 35.5 Å². The number of benzene rings is 1. The van der Waals surface area contributed by atoms with E-state index in [9.17, 15) is 9.18 Å². The monoisotopic (exact) mass is 364 g/mol. The lowest BCUT2D eigenvalue weighted by Gasteiger charge is -2.36. The highest BCUT2D eigenvalue weighted by Crippen LogP contribution is 2.37. The molecule has 1 atom stereocenters. The fourth-order valence-electron chi connectivity index (χ4n) is 3.80. The number of nitrogens with zero attached hydrogens (tertiary/aromatic N) is 3. The van der Waals surface area contributed by atoms with Crippen LogP contribution in [0.5, 0.6) is 0 Å². The zero-order chi connectivity index (χ0) is 18.8. The molecule has 3 aromatic rings. The highest BCUT2D eigenvalue weighted by atomic mass is 19.1. The minimum absolute atomic E-state index is 0.116. The summed E-state index contributed by atoms with van der Waals surface area (Å²) in [5.74, 6) is -0.758. The molecule has 0 aliphatic carbocycles. The quantitative estimate of drug-likeness (QED) is 0.754. The van der Waals surface area contributed by atoms with E-state index in [1.807, 2.05) is 19.2 Å². The zero-order valence-electron chi connectivity index (χ0n) is 15.2. The first-order valence-corrected chi connectivity index (χ1v) is 9.16. The van der Waals surface area contributed by atoms with Crippen molar-refractivity contribution in [2.45, 2.75) is 32.2 Å². The van der Waals surface area contributed by atoms with Crippen LogP contribution in [0, 0.1) is 12.7 Å². The molecule has 5 nitrogen and oxygen atoms in total. The van der Waals surface area contributed by atoms with Gasteiger partial charge in [-0.25, -0.2) is 4.39 Å². The summed E-state index contributed by atoms with van der Waals surface area (Å²) in [5.41, 5.74) is 4.06. The fourth-order valence-corrected chi connectivity index (χ4v) is 3.80. The summed E-state index contributed by atoms with van der Waals surface area (Å²) in [7, 11) is 0. The van der Waals surface area contributed by atoms with Gasteiger partial charge >= 0.3 is 0 Å². The van der Waals surface area contributed by atoms with Crippen molar-refractivity contribution in [3.63, 3.8) is 0 Å². The van der Waals surface area contributed by atoms with E-state index in [2.05, 4.69) is 15.2 Å². The van der Waals surface area contributed by atoms with Gasteiger partial charge in [-0.3, -0.25) is 14.9 Å². The maximum atomic E-state index is 14.2. The molecule has 1 aliphatic heterocycles. The molecule has 4 rings (SSSR count). The molecule has 1 N–H and O–H groups in total. The number of carbonyl (C=O) groups excluding carboxylic acids is 1. The SMILES string of the molecule is Cc1cnccc1-c1cn[nH]c1[C@@H]1CCCCN1C(=O)c1ccccc1F. The summed E-state index contributed by atoms with van der Waals surface area (Å²) in [5, 5.41) is 7.34. The molecule has 0 spiro atoms. The molecule has 0 bridgehead atoms. The Hall–Kier alpha value is -3.02. The van der Waals surface area contributed by atoms with Crippen molar-refractivity contribution < 1.29 is 9.18 Å². The van der Waals surface area contributed by atoms with E-state index in [4.69, 9.17) is 0 Å². The summed E-state index contributed by atoms with van der Waals surface area (Å²) in [6.45, 7) is 2.61. The summed E-state index contributed by atoms with van der Waals surface area (Å²) in [6.07, 6.45) is 8.10.